The molecular formula is C14H19NO3S. The number of carbonyl (C=O) groups excluding carboxylic acids is 1. The molecule has 0 saturated carbocycles. The molecule has 4 nitrogen and oxygen atoms in total. The lowest BCUT2D eigenvalue weighted by Gasteiger charge is -2.16. The molecule has 0 spiro atoms. The number of ether oxygens (including phenoxy) is 2. The lowest BCUT2D eigenvalue weighted by molar-refractivity contribution is -0.151. The first-order chi connectivity index (χ1) is 9.06. The van der Waals surface area contributed by atoms with Crippen LogP contribution in [0.15, 0.2) is 24.3 Å². The van der Waals surface area contributed by atoms with E-state index in [4.69, 9.17) is 27.4 Å². The van der Waals surface area contributed by atoms with Gasteiger partial charge in [0.1, 0.15) is 5.75 Å². The summed E-state index contributed by atoms with van der Waals surface area (Å²) < 4.78 is 10.5. The molecule has 0 amide bonds. The fourth-order valence-corrected chi connectivity index (χ4v) is 1.75. The van der Waals surface area contributed by atoms with Crippen molar-refractivity contribution >= 4 is 23.2 Å². The summed E-state index contributed by atoms with van der Waals surface area (Å²) in [5.74, 6) is 0.295. The van der Waals surface area contributed by atoms with Gasteiger partial charge in [-0.2, -0.15) is 0 Å². The van der Waals surface area contributed by atoms with Crippen molar-refractivity contribution in [1.29, 1.82) is 0 Å². The first-order valence-corrected chi connectivity index (χ1v) is 6.68. The van der Waals surface area contributed by atoms with Crippen LogP contribution in [0.2, 0.25) is 0 Å². The van der Waals surface area contributed by atoms with E-state index in [2.05, 4.69) is 0 Å². The maximum Gasteiger partial charge on any atom is 0.347 e. The van der Waals surface area contributed by atoms with Crippen LogP contribution in [0.3, 0.4) is 0 Å². The van der Waals surface area contributed by atoms with Crippen molar-refractivity contribution < 1.29 is 14.3 Å². The van der Waals surface area contributed by atoms with Gasteiger partial charge in [-0.1, -0.05) is 31.3 Å². The Balaban J connectivity index is 2.65. The molecule has 0 aromatic heterocycles. The van der Waals surface area contributed by atoms with Crippen LogP contribution in [-0.4, -0.2) is 23.7 Å². The summed E-state index contributed by atoms with van der Waals surface area (Å²) in [6, 6.07) is 7.36. The van der Waals surface area contributed by atoms with Crippen molar-refractivity contribution in [3.8, 4) is 5.75 Å². The lowest BCUT2D eigenvalue weighted by atomic mass is 10.1. The van der Waals surface area contributed by atoms with Crippen molar-refractivity contribution in [1.82, 2.24) is 0 Å². The zero-order valence-electron chi connectivity index (χ0n) is 11.2. The summed E-state index contributed by atoms with van der Waals surface area (Å²) in [6.07, 6.45) is 0.555. The number of benzene rings is 1. The van der Waals surface area contributed by atoms with E-state index in [0.29, 0.717) is 30.2 Å². The maximum atomic E-state index is 11.6. The average molecular weight is 281 g/mol. The molecule has 104 valence electrons. The first kappa shape index (κ1) is 15.4. The molecule has 0 fully saturated rings. The Morgan fingerprint density at radius 1 is 1.32 bits per heavy atom. The normalized spacial score (nSPS) is 11.7. The van der Waals surface area contributed by atoms with Crippen LogP contribution >= 0.6 is 12.2 Å². The number of hydrogen-bond donors (Lipinski definition) is 1. The smallest absolute Gasteiger partial charge is 0.347 e. The largest absolute Gasteiger partial charge is 0.479 e. The Kier molecular flexibility index (Phi) is 6.29. The maximum absolute atomic E-state index is 11.6. The fraction of sp³-hybridized carbons (Fsp3) is 0.429. The van der Waals surface area contributed by atoms with Gasteiger partial charge >= 0.3 is 5.97 Å². The zero-order valence-corrected chi connectivity index (χ0v) is 12.0. The molecule has 0 aliphatic heterocycles. The predicted molar refractivity (Wildman–Crippen MR) is 78.3 cm³/mol. The van der Waals surface area contributed by atoms with Gasteiger partial charge in [0.15, 0.2) is 6.10 Å². The molecule has 0 heterocycles. The van der Waals surface area contributed by atoms with Gasteiger partial charge in [-0.25, -0.2) is 4.79 Å². The molecular weight excluding hydrogens is 262 g/mol. The second kappa shape index (κ2) is 7.74. The van der Waals surface area contributed by atoms with Gasteiger partial charge in [0, 0.05) is 6.42 Å². The lowest BCUT2D eigenvalue weighted by Crippen LogP contribution is -2.28. The second-order valence-corrected chi connectivity index (χ2v) is 4.58. The molecule has 1 unspecified atom stereocenters. The van der Waals surface area contributed by atoms with Crippen LogP contribution in [-0.2, 0) is 16.0 Å². The van der Waals surface area contributed by atoms with Gasteiger partial charge in [0.2, 0.25) is 0 Å². The first-order valence-electron chi connectivity index (χ1n) is 6.27. The van der Waals surface area contributed by atoms with Gasteiger partial charge in [-0.15, -0.1) is 0 Å². The molecule has 19 heavy (non-hydrogen) atoms. The summed E-state index contributed by atoms with van der Waals surface area (Å²) >= 11 is 4.85. The average Bonchev–Trinajstić information content (AvgIpc) is 2.37. The Labute approximate surface area is 118 Å². The van der Waals surface area contributed by atoms with Gasteiger partial charge in [-0.05, 0) is 31.0 Å². The second-order valence-electron chi connectivity index (χ2n) is 4.05. The van der Waals surface area contributed by atoms with Crippen molar-refractivity contribution in [3.05, 3.63) is 29.8 Å². The molecule has 1 rings (SSSR count). The van der Waals surface area contributed by atoms with Crippen LogP contribution in [0.4, 0.5) is 0 Å². The van der Waals surface area contributed by atoms with E-state index in [0.717, 1.165) is 5.56 Å². The van der Waals surface area contributed by atoms with Gasteiger partial charge in [0.05, 0.1) is 11.6 Å². The highest BCUT2D eigenvalue weighted by molar-refractivity contribution is 7.80. The van der Waals surface area contributed by atoms with E-state index in [-0.39, 0.29) is 5.97 Å². The van der Waals surface area contributed by atoms with Gasteiger partial charge < -0.3 is 15.2 Å². The van der Waals surface area contributed by atoms with E-state index < -0.39 is 6.10 Å². The third-order valence-corrected chi connectivity index (χ3v) is 2.64. The Hall–Kier alpha value is -1.62. The van der Waals surface area contributed by atoms with Crippen LogP contribution in [0.5, 0.6) is 5.75 Å². The van der Waals surface area contributed by atoms with E-state index >= 15 is 0 Å². The van der Waals surface area contributed by atoms with E-state index in [9.17, 15) is 4.79 Å². The summed E-state index contributed by atoms with van der Waals surface area (Å²) in [5, 5.41) is 0. The van der Waals surface area contributed by atoms with E-state index in [1.165, 1.54) is 0 Å². The molecule has 5 heteroatoms. The highest BCUT2D eigenvalue weighted by atomic mass is 32.1. The number of thiocarbonyl (C=S) groups is 1. The predicted octanol–water partition coefficient (Wildman–Crippen LogP) is 2.24. The topological polar surface area (TPSA) is 61.5 Å². The quantitative estimate of drug-likeness (QED) is 0.613. The summed E-state index contributed by atoms with van der Waals surface area (Å²) in [4.78, 5) is 12.1. The van der Waals surface area contributed by atoms with Gasteiger partial charge in [-0.3, -0.25) is 0 Å². The van der Waals surface area contributed by atoms with Crippen LogP contribution in [0.25, 0.3) is 0 Å². The number of rotatable bonds is 7. The van der Waals surface area contributed by atoms with Crippen LogP contribution in [0, 0.1) is 0 Å². The molecule has 0 radical (unpaired) electrons. The monoisotopic (exact) mass is 281 g/mol. The number of hydrogen-bond acceptors (Lipinski definition) is 4. The molecule has 1 aromatic rings. The van der Waals surface area contributed by atoms with Crippen molar-refractivity contribution in [2.24, 2.45) is 5.73 Å². The van der Waals surface area contributed by atoms with Gasteiger partial charge in [0.25, 0.3) is 0 Å². The third-order valence-electron chi connectivity index (χ3n) is 2.50. The molecule has 0 saturated heterocycles. The Bertz CT molecular complexity index is 431. The highest BCUT2D eigenvalue weighted by Crippen LogP contribution is 2.16. The minimum Gasteiger partial charge on any atom is -0.479 e. The number of esters is 1. The Morgan fingerprint density at radius 3 is 2.42 bits per heavy atom. The summed E-state index contributed by atoms with van der Waals surface area (Å²) in [6.45, 7) is 4.00. The van der Waals surface area contributed by atoms with Crippen molar-refractivity contribution in [3.63, 3.8) is 0 Å². The highest BCUT2D eigenvalue weighted by Gasteiger charge is 2.19. The van der Waals surface area contributed by atoms with Crippen LogP contribution < -0.4 is 10.5 Å². The van der Waals surface area contributed by atoms with Crippen LogP contribution in [0.1, 0.15) is 25.8 Å². The summed E-state index contributed by atoms with van der Waals surface area (Å²) in [7, 11) is 0. The molecule has 1 atom stereocenters. The molecule has 0 aliphatic rings. The number of nitrogens with two attached hydrogens (primary N) is 1. The Morgan fingerprint density at radius 2 is 1.95 bits per heavy atom. The molecule has 2 N–H and O–H groups in total. The van der Waals surface area contributed by atoms with Crippen molar-refractivity contribution in [2.75, 3.05) is 6.61 Å². The zero-order chi connectivity index (χ0) is 14.3. The SMILES string of the molecule is CCOC(=O)C(CC)Oc1ccc(CC(N)=S)cc1. The van der Waals surface area contributed by atoms with E-state index in [1.54, 1.807) is 19.1 Å². The van der Waals surface area contributed by atoms with E-state index in [1.807, 2.05) is 19.1 Å². The van der Waals surface area contributed by atoms with Crippen molar-refractivity contribution in [2.45, 2.75) is 32.8 Å². The minimum absolute atomic E-state index is 0.336. The summed E-state index contributed by atoms with van der Waals surface area (Å²) in [5.41, 5.74) is 6.49. The minimum atomic E-state index is -0.568. The molecule has 0 aliphatic carbocycles. The third kappa shape index (κ3) is 5.26. The standard InChI is InChI=1S/C14H19NO3S/c1-3-12(14(16)17-4-2)18-11-7-5-10(6-8-11)9-13(15)19/h5-8,12H,3-4,9H2,1-2H3,(H2,15,19). The molecule has 1 aromatic carbocycles. The number of carbonyl (C=O) groups is 1. The fourth-order valence-electron chi connectivity index (χ4n) is 1.58. The molecule has 0 bridgehead atoms.